The summed E-state index contributed by atoms with van der Waals surface area (Å²) < 4.78 is 5.14. The monoisotopic (exact) mass is 346 g/mol. The van der Waals surface area contributed by atoms with Crippen LogP contribution in [0.4, 0.5) is 0 Å². The van der Waals surface area contributed by atoms with E-state index in [0.717, 1.165) is 12.8 Å². The molecule has 0 aliphatic heterocycles. The minimum absolute atomic E-state index is 0.0141. The molecule has 22 heavy (non-hydrogen) atoms. The lowest BCUT2D eigenvalue weighted by molar-refractivity contribution is -0.142. The topological polar surface area (TPSA) is 26.3 Å². The molecule has 4 heteroatoms. The van der Waals surface area contributed by atoms with Crippen LogP contribution in [-0.4, -0.2) is 19.5 Å². The van der Waals surface area contributed by atoms with Crippen molar-refractivity contribution in [3.05, 3.63) is 12.7 Å². The maximum absolute atomic E-state index is 11.0. The molecule has 0 aromatic heterocycles. The third-order valence-electron chi connectivity index (χ3n) is 3.87. The summed E-state index contributed by atoms with van der Waals surface area (Å²) in [7, 11) is -1.33. The highest BCUT2D eigenvalue weighted by Gasteiger charge is 2.15. The molecular weight excluding hydrogens is 312 g/mol. The number of hydrogen-bond donors (Lipinski definition) is 0. The number of ether oxygens (including phenoxy) is 1. The van der Waals surface area contributed by atoms with Gasteiger partial charge in [0.15, 0.2) is 0 Å². The smallest absolute Gasteiger partial charge is 0.330 e. The highest BCUT2D eigenvalue weighted by Crippen LogP contribution is 2.19. The average Bonchev–Trinajstić information content (AvgIpc) is 2.43. The van der Waals surface area contributed by atoms with Gasteiger partial charge < -0.3 is 4.74 Å². The summed E-state index contributed by atoms with van der Waals surface area (Å²) in [6.07, 6.45) is 13.9. The fourth-order valence-corrected chi connectivity index (χ4v) is 4.01. The molecule has 2 nitrogen and oxygen atoms in total. The summed E-state index contributed by atoms with van der Waals surface area (Å²) in [5.74, 6) is -0.312. The number of carbonyl (C=O) groups excluding carboxylic acids is 1. The first kappa shape index (κ1) is 21.7. The van der Waals surface area contributed by atoms with Gasteiger partial charge in [-0.25, -0.2) is 4.79 Å². The van der Waals surface area contributed by atoms with E-state index in [1.165, 1.54) is 63.5 Å². The molecule has 0 aromatic carbocycles. The Hall–Kier alpha value is -0.283. The van der Waals surface area contributed by atoms with E-state index < -0.39 is 7.38 Å². The molecule has 1 atom stereocenters. The average molecular weight is 347 g/mol. The Morgan fingerprint density at radius 2 is 1.50 bits per heavy atom. The zero-order valence-electron chi connectivity index (χ0n) is 14.8. The van der Waals surface area contributed by atoms with Gasteiger partial charge >= 0.3 is 5.97 Å². The van der Waals surface area contributed by atoms with Crippen LogP contribution < -0.4 is 0 Å². The lowest BCUT2D eigenvalue weighted by atomic mass is 10.1. The summed E-state index contributed by atoms with van der Waals surface area (Å²) in [6, 6.07) is 1.25. The van der Waals surface area contributed by atoms with Crippen LogP contribution in [0.2, 0.25) is 19.1 Å². The summed E-state index contributed by atoms with van der Waals surface area (Å²) in [4.78, 5) is 11.0. The first-order valence-corrected chi connectivity index (χ1v) is 13.1. The molecular formula is C18H35ClO2Si. The Morgan fingerprint density at radius 3 is 1.95 bits per heavy atom. The third kappa shape index (κ3) is 16.1. The maximum Gasteiger partial charge on any atom is 0.330 e. The van der Waals surface area contributed by atoms with E-state index in [-0.39, 0.29) is 12.1 Å². The van der Waals surface area contributed by atoms with Crippen molar-refractivity contribution in [2.45, 2.75) is 96.4 Å². The molecule has 0 spiro atoms. The Bertz CT molecular complexity index is 300. The predicted molar refractivity (Wildman–Crippen MR) is 100 cm³/mol. The third-order valence-corrected chi connectivity index (χ3v) is 5.98. The summed E-state index contributed by atoms with van der Waals surface area (Å²) in [6.45, 7) is 9.81. The van der Waals surface area contributed by atoms with Crippen LogP contribution in [0.1, 0.15) is 71.1 Å². The van der Waals surface area contributed by atoms with Crippen LogP contribution >= 0.6 is 11.1 Å². The Labute approximate surface area is 143 Å². The van der Waals surface area contributed by atoms with E-state index in [1.54, 1.807) is 0 Å². The molecule has 0 fully saturated rings. The van der Waals surface area contributed by atoms with Gasteiger partial charge in [0.25, 0.3) is 0 Å². The van der Waals surface area contributed by atoms with Crippen LogP contribution in [-0.2, 0) is 9.53 Å². The van der Waals surface area contributed by atoms with Crippen LogP contribution in [0, 0.1) is 0 Å². The Kier molecular flexibility index (Phi) is 13.0. The molecule has 0 aliphatic rings. The van der Waals surface area contributed by atoms with Crippen LogP contribution in [0.5, 0.6) is 0 Å². The van der Waals surface area contributed by atoms with Gasteiger partial charge in [0.1, 0.15) is 7.38 Å². The van der Waals surface area contributed by atoms with Crippen LogP contribution in [0.25, 0.3) is 0 Å². The zero-order chi connectivity index (χ0) is 16.8. The van der Waals surface area contributed by atoms with E-state index in [4.69, 9.17) is 15.8 Å². The fourth-order valence-electron chi connectivity index (χ4n) is 2.52. The van der Waals surface area contributed by atoms with E-state index in [9.17, 15) is 4.79 Å². The largest absolute Gasteiger partial charge is 0.460 e. The molecule has 0 heterocycles. The zero-order valence-corrected chi connectivity index (χ0v) is 16.6. The van der Waals surface area contributed by atoms with Gasteiger partial charge in [0.2, 0.25) is 0 Å². The number of carbonyl (C=O) groups is 1. The second kappa shape index (κ2) is 13.2. The minimum atomic E-state index is -1.33. The standard InChI is InChI=1S/C18H35ClO2Si/c1-5-18(20)21-17(2)15-13-11-9-7-6-8-10-12-14-16-22(3,4)19/h5,17H,1,6-16H2,2-4H3. The quantitative estimate of drug-likeness (QED) is 0.119. The van der Waals surface area contributed by atoms with Crippen molar-refractivity contribution in [3.8, 4) is 0 Å². The summed E-state index contributed by atoms with van der Waals surface area (Å²) in [5, 5.41) is 0. The van der Waals surface area contributed by atoms with Crippen molar-refractivity contribution in [3.63, 3.8) is 0 Å². The number of rotatable bonds is 14. The lowest BCUT2D eigenvalue weighted by Crippen LogP contribution is -2.14. The number of esters is 1. The SMILES string of the molecule is C=CC(=O)OC(C)CCCCCCCCCCC[Si](C)(C)Cl. The number of unbranched alkanes of at least 4 members (excludes halogenated alkanes) is 8. The van der Waals surface area contributed by atoms with Crippen LogP contribution in [0.15, 0.2) is 12.7 Å². The number of halogens is 1. The second-order valence-corrected chi connectivity index (χ2v) is 13.9. The molecule has 0 N–H and O–H groups in total. The van der Waals surface area contributed by atoms with Crippen molar-refractivity contribution in [1.29, 1.82) is 0 Å². The fraction of sp³-hybridized carbons (Fsp3) is 0.833. The van der Waals surface area contributed by atoms with Gasteiger partial charge in [-0.05, 0) is 25.8 Å². The molecule has 0 saturated carbocycles. The normalized spacial score (nSPS) is 12.9. The van der Waals surface area contributed by atoms with Gasteiger partial charge in [-0.1, -0.05) is 71.0 Å². The predicted octanol–water partition coefficient (Wildman–Crippen LogP) is 6.45. The van der Waals surface area contributed by atoms with Gasteiger partial charge in [-0.15, -0.1) is 0 Å². The molecule has 0 amide bonds. The molecule has 130 valence electrons. The van der Waals surface area contributed by atoms with Crippen LogP contribution in [0.3, 0.4) is 0 Å². The van der Waals surface area contributed by atoms with E-state index in [2.05, 4.69) is 19.7 Å². The highest BCUT2D eigenvalue weighted by atomic mass is 35.6. The van der Waals surface area contributed by atoms with Crippen molar-refractivity contribution < 1.29 is 9.53 Å². The van der Waals surface area contributed by atoms with Crippen molar-refractivity contribution in [1.82, 2.24) is 0 Å². The van der Waals surface area contributed by atoms with Gasteiger partial charge in [-0.2, -0.15) is 11.1 Å². The molecule has 0 rings (SSSR count). The van der Waals surface area contributed by atoms with E-state index in [1.807, 2.05) is 6.92 Å². The van der Waals surface area contributed by atoms with E-state index >= 15 is 0 Å². The van der Waals surface area contributed by atoms with Gasteiger partial charge in [-0.3, -0.25) is 0 Å². The second-order valence-electron chi connectivity index (χ2n) is 6.89. The van der Waals surface area contributed by atoms with Gasteiger partial charge in [0.05, 0.1) is 6.10 Å². The summed E-state index contributed by atoms with van der Waals surface area (Å²) >= 11 is 6.31. The maximum atomic E-state index is 11.0. The molecule has 0 radical (unpaired) electrons. The first-order chi connectivity index (χ1) is 10.3. The molecule has 0 bridgehead atoms. The molecule has 0 aromatic rings. The van der Waals surface area contributed by atoms with Crippen molar-refractivity contribution in [2.24, 2.45) is 0 Å². The Morgan fingerprint density at radius 1 is 1.05 bits per heavy atom. The molecule has 0 aliphatic carbocycles. The molecule has 1 unspecified atom stereocenters. The first-order valence-electron chi connectivity index (χ1n) is 8.87. The van der Waals surface area contributed by atoms with Crippen molar-refractivity contribution >= 4 is 24.4 Å². The highest BCUT2D eigenvalue weighted by molar-refractivity contribution is 7.19. The summed E-state index contributed by atoms with van der Waals surface area (Å²) in [5.41, 5.74) is 0. The van der Waals surface area contributed by atoms with E-state index in [0.29, 0.717) is 0 Å². The lowest BCUT2D eigenvalue weighted by Gasteiger charge is -2.12. The van der Waals surface area contributed by atoms with Gasteiger partial charge in [0, 0.05) is 6.08 Å². The number of hydrogen-bond acceptors (Lipinski definition) is 2. The Balaban J connectivity index is 3.24. The molecule has 0 saturated heterocycles. The van der Waals surface area contributed by atoms with Crippen molar-refractivity contribution in [2.75, 3.05) is 0 Å². The minimum Gasteiger partial charge on any atom is -0.460 e.